The molecule has 3 heteroatoms. The Hall–Kier alpha value is -1.09. The third-order valence-corrected chi connectivity index (χ3v) is 1.90. The maximum absolute atomic E-state index is 11.4. The van der Waals surface area contributed by atoms with Gasteiger partial charge in [0.2, 0.25) is 0 Å². The molecule has 0 heterocycles. The zero-order chi connectivity index (χ0) is 11.5. The van der Waals surface area contributed by atoms with Gasteiger partial charge in [-0.1, -0.05) is 38.5 Å². The first-order valence-electron chi connectivity index (χ1n) is 5.33. The van der Waals surface area contributed by atoms with E-state index in [1.165, 1.54) is 12.2 Å². The summed E-state index contributed by atoms with van der Waals surface area (Å²) in [5.41, 5.74) is 0. The molecule has 0 aromatic carbocycles. The predicted octanol–water partition coefficient (Wildman–Crippen LogP) is 2.06. The van der Waals surface area contributed by atoms with Crippen molar-refractivity contribution in [2.24, 2.45) is 0 Å². The summed E-state index contributed by atoms with van der Waals surface area (Å²) < 4.78 is 4.88. The van der Waals surface area contributed by atoms with Crippen LogP contribution in [-0.2, 0) is 9.53 Å². The molecule has 0 saturated heterocycles. The topological polar surface area (TPSA) is 40.4 Å². The van der Waals surface area contributed by atoms with Crippen LogP contribution in [0.3, 0.4) is 0 Å². The first-order chi connectivity index (χ1) is 7.26. The summed E-state index contributed by atoms with van der Waals surface area (Å²) in [6, 6.07) is -0.526. The SMILES string of the molecule is C=CCOC(=O)C(C=C)[N]CCCCC. The molecule has 0 amide bonds. The van der Waals surface area contributed by atoms with Crippen molar-refractivity contribution in [3.8, 4) is 0 Å². The van der Waals surface area contributed by atoms with Crippen LogP contribution in [0, 0.1) is 0 Å². The molecule has 0 aliphatic rings. The lowest BCUT2D eigenvalue weighted by Gasteiger charge is -2.11. The van der Waals surface area contributed by atoms with Gasteiger partial charge in [0, 0.05) is 6.54 Å². The van der Waals surface area contributed by atoms with Crippen LogP contribution >= 0.6 is 0 Å². The molecule has 15 heavy (non-hydrogen) atoms. The van der Waals surface area contributed by atoms with Gasteiger partial charge in [-0.25, -0.2) is 10.1 Å². The lowest BCUT2D eigenvalue weighted by molar-refractivity contribution is -0.143. The highest BCUT2D eigenvalue weighted by Gasteiger charge is 2.15. The molecule has 0 rings (SSSR count). The second-order valence-electron chi connectivity index (χ2n) is 3.21. The Morgan fingerprint density at radius 2 is 2.20 bits per heavy atom. The number of carbonyl (C=O) groups is 1. The van der Waals surface area contributed by atoms with E-state index in [0.717, 1.165) is 19.3 Å². The molecule has 0 spiro atoms. The summed E-state index contributed by atoms with van der Waals surface area (Å²) in [6.45, 7) is 10.1. The van der Waals surface area contributed by atoms with Crippen LogP contribution < -0.4 is 5.32 Å². The minimum Gasteiger partial charge on any atom is -0.460 e. The van der Waals surface area contributed by atoms with E-state index in [-0.39, 0.29) is 12.6 Å². The van der Waals surface area contributed by atoms with E-state index in [4.69, 9.17) is 4.74 Å². The Kier molecular flexibility index (Phi) is 8.78. The van der Waals surface area contributed by atoms with E-state index in [9.17, 15) is 4.79 Å². The van der Waals surface area contributed by atoms with Gasteiger partial charge in [0.1, 0.15) is 12.6 Å². The van der Waals surface area contributed by atoms with Gasteiger partial charge in [-0.3, -0.25) is 0 Å². The van der Waals surface area contributed by atoms with Crippen molar-refractivity contribution in [1.29, 1.82) is 0 Å². The fourth-order valence-corrected chi connectivity index (χ4v) is 1.06. The molecule has 1 atom stereocenters. The van der Waals surface area contributed by atoms with Gasteiger partial charge in [-0.15, -0.1) is 6.58 Å². The molecule has 85 valence electrons. The van der Waals surface area contributed by atoms with Crippen molar-refractivity contribution in [3.05, 3.63) is 25.3 Å². The monoisotopic (exact) mass is 210 g/mol. The van der Waals surface area contributed by atoms with Gasteiger partial charge >= 0.3 is 5.97 Å². The van der Waals surface area contributed by atoms with Crippen LogP contribution in [0.4, 0.5) is 0 Å². The molecule has 1 radical (unpaired) electrons. The summed E-state index contributed by atoms with van der Waals surface area (Å²) in [6.07, 6.45) is 6.34. The lowest BCUT2D eigenvalue weighted by Crippen LogP contribution is -2.31. The van der Waals surface area contributed by atoms with E-state index in [1.54, 1.807) is 0 Å². The fourth-order valence-electron chi connectivity index (χ4n) is 1.06. The van der Waals surface area contributed by atoms with Gasteiger partial charge < -0.3 is 4.74 Å². The largest absolute Gasteiger partial charge is 0.460 e. The first-order valence-corrected chi connectivity index (χ1v) is 5.33. The minimum atomic E-state index is -0.526. The van der Waals surface area contributed by atoms with Crippen LogP contribution in [0.1, 0.15) is 26.2 Å². The zero-order valence-corrected chi connectivity index (χ0v) is 9.45. The van der Waals surface area contributed by atoms with Crippen molar-refractivity contribution in [1.82, 2.24) is 5.32 Å². The zero-order valence-electron chi connectivity index (χ0n) is 9.45. The summed E-state index contributed by atoms with van der Waals surface area (Å²) in [4.78, 5) is 11.4. The molecule has 0 aromatic rings. The van der Waals surface area contributed by atoms with Gasteiger partial charge in [0.15, 0.2) is 0 Å². The van der Waals surface area contributed by atoms with Crippen molar-refractivity contribution in [2.45, 2.75) is 32.2 Å². The van der Waals surface area contributed by atoms with Crippen LogP contribution in [-0.4, -0.2) is 25.2 Å². The Morgan fingerprint density at radius 3 is 2.73 bits per heavy atom. The first kappa shape index (κ1) is 13.9. The molecule has 0 aliphatic heterocycles. The summed E-state index contributed by atoms with van der Waals surface area (Å²) in [7, 11) is 0. The Bertz CT molecular complexity index is 202. The van der Waals surface area contributed by atoms with Crippen molar-refractivity contribution < 1.29 is 9.53 Å². The van der Waals surface area contributed by atoms with Gasteiger partial charge in [-0.05, 0) is 6.42 Å². The Labute approximate surface area is 92.2 Å². The maximum Gasteiger partial charge on any atom is 0.329 e. The van der Waals surface area contributed by atoms with Crippen LogP contribution in [0.5, 0.6) is 0 Å². The molecule has 0 N–H and O–H groups in total. The molecule has 0 fully saturated rings. The number of nitrogens with zero attached hydrogens (tertiary/aromatic N) is 1. The second-order valence-corrected chi connectivity index (χ2v) is 3.21. The number of rotatable bonds is 9. The van der Waals surface area contributed by atoms with E-state index >= 15 is 0 Å². The third-order valence-electron chi connectivity index (χ3n) is 1.90. The molecule has 1 unspecified atom stereocenters. The Morgan fingerprint density at radius 1 is 1.47 bits per heavy atom. The van der Waals surface area contributed by atoms with Crippen molar-refractivity contribution in [2.75, 3.05) is 13.2 Å². The quantitative estimate of drug-likeness (QED) is 0.332. The molecular weight excluding hydrogens is 190 g/mol. The van der Waals surface area contributed by atoms with Crippen LogP contribution in [0.2, 0.25) is 0 Å². The van der Waals surface area contributed by atoms with Gasteiger partial charge in [-0.2, -0.15) is 0 Å². The number of esters is 1. The van der Waals surface area contributed by atoms with Crippen LogP contribution in [0.15, 0.2) is 25.3 Å². The average Bonchev–Trinajstić information content (AvgIpc) is 2.26. The summed E-state index contributed by atoms with van der Waals surface area (Å²) >= 11 is 0. The predicted molar refractivity (Wildman–Crippen MR) is 61.7 cm³/mol. The van der Waals surface area contributed by atoms with E-state index < -0.39 is 6.04 Å². The van der Waals surface area contributed by atoms with E-state index in [1.807, 2.05) is 0 Å². The highest BCUT2D eigenvalue weighted by molar-refractivity contribution is 5.77. The standard InChI is InChI=1S/C12H20NO2/c1-4-7-8-9-13-11(6-3)12(14)15-10-5-2/h5-6,11H,2-4,7-10H2,1H3. The number of hydrogen-bond acceptors (Lipinski definition) is 2. The lowest BCUT2D eigenvalue weighted by atomic mass is 10.2. The van der Waals surface area contributed by atoms with E-state index in [0.29, 0.717) is 6.54 Å². The van der Waals surface area contributed by atoms with Crippen molar-refractivity contribution in [3.63, 3.8) is 0 Å². The molecule has 0 saturated carbocycles. The minimum absolute atomic E-state index is 0.230. The molecule has 0 bridgehead atoms. The summed E-state index contributed by atoms with van der Waals surface area (Å²) in [5.74, 6) is -0.346. The molecule has 3 nitrogen and oxygen atoms in total. The third kappa shape index (κ3) is 6.91. The summed E-state index contributed by atoms with van der Waals surface area (Å²) in [5, 5.41) is 4.21. The van der Waals surface area contributed by atoms with Crippen molar-refractivity contribution >= 4 is 5.97 Å². The Balaban J connectivity index is 3.74. The fraction of sp³-hybridized carbons (Fsp3) is 0.583. The number of ether oxygens (including phenoxy) is 1. The molecule has 0 aliphatic carbocycles. The average molecular weight is 210 g/mol. The highest BCUT2D eigenvalue weighted by atomic mass is 16.5. The molecular formula is C12H20NO2. The molecule has 0 aromatic heterocycles. The normalized spacial score (nSPS) is 11.8. The number of hydrogen-bond donors (Lipinski definition) is 0. The second kappa shape index (κ2) is 9.46. The van der Waals surface area contributed by atoms with Gasteiger partial charge in [0.05, 0.1) is 0 Å². The number of unbranched alkanes of at least 4 members (excludes halogenated alkanes) is 2. The van der Waals surface area contributed by atoms with E-state index in [2.05, 4.69) is 25.4 Å². The highest BCUT2D eigenvalue weighted by Crippen LogP contribution is 1.97. The number of carbonyl (C=O) groups excluding carboxylic acids is 1. The van der Waals surface area contributed by atoms with Crippen LogP contribution in [0.25, 0.3) is 0 Å². The smallest absolute Gasteiger partial charge is 0.329 e. The van der Waals surface area contributed by atoms with Gasteiger partial charge in [0.25, 0.3) is 0 Å². The maximum atomic E-state index is 11.4.